The molecule has 0 saturated carbocycles. The lowest BCUT2D eigenvalue weighted by Crippen LogP contribution is -2.01. The summed E-state index contributed by atoms with van der Waals surface area (Å²) in [4.78, 5) is 0. The Balaban J connectivity index is 1.95. The third-order valence-corrected chi connectivity index (χ3v) is 4.27. The monoisotopic (exact) mass is 350 g/mol. The largest absolute Gasteiger partial charge is 0.384 e. The first-order valence-electron chi connectivity index (χ1n) is 6.29. The molecule has 18 heavy (non-hydrogen) atoms. The van der Waals surface area contributed by atoms with E-state index in [9.17, 15) is 5.11 Å². The second-order valence-corrected chi connectivity index (χ2v) is 6.08. The van der Waals surface area contributed by atoms with E-state index in [4.69, 9.17) is 0 Å². The Hall–Kier alpha value is -0.870. The van der Waals surface area contributed by atoms with Crippen LogP contribution in [0.15, 0.2) is 42.5 Å². The van der Waals surface area contributed by atoms with Crippen molar-refractivity contribution in [3.63, 3.8) is 0 Å². The fraction of sp³-hybridized carbons (Fsp3) is 0.250. The molecule has 92 valence electrons. The highest BCUT2D eigenvalue weighted by atomic mass is 127. The Kier molecular flexibility index (Phi) is 3.39. The van der Waals surface area contributed by atoms with E-state index in [1.165, 1.54) is 24.0 Å². The SMILES string of the molecule is OC(c1cccc(I)c1)c1ccc2c(c1)CCC2. The Bertz CT molecular complexity index is 577. The molecular weight excluding hydrogens is 335 g/mol. The number of benzene rings is 2. The zero-order chi connectivity index (χ0) is 12.5. The van der Waals surface area contributed by atoms with Gasteiger partial charge in [0.25, 0.3) is 0 Å². The molecule has 1 aliphatic carbocycles. The molecule has 1 N–H and O–H groups in total. The van der Waals surface area contributed by atoms with Gasteiger partial charge in [0, 0.05) is 3.57 Å². The second kappa shape index (κ2) is 5.02. The van der Waals surface area contributed by atoms with E-state index in [1.54, 1.807) is 0 Å². The van der Waals surface area contributed by atoms with Gasteiger partial charge in [-0.05, 0) is 76.2 Å². The first-order valence-corrected chi connectivity index (χ1v) is 7.37. The van der Waals surface area contributed by atoms with Crippen LogP contribution in [0.25, 0.3) is 0 Å². The summed E-state index contributed by atoms with van der Waals surface area (Å²) in [5.41, 5.74) is 4.85. The maximum absolute atomic E-state index is 10.4. The fourth-order valence-corrected chi connectivity index (χ4v) is 3.20. The van der Waals surface area contributed by atoms with Gasteiger partial charge in [0.2, 0.25) is 0 Å². The summed E-state index contributed by atoms with van der Waals surface area (Å²) in [5.74, 6) is 0. The molecule has 1 aliphatic rings. The number of aliphatic hydroxyl groups excluding tert-OH is 1. The van der Waals surface area contributed by atoms with Crippen molar-refractivity contribution in [1.29, 1.82) is 0 Å². The van der Waals surface area contributed by atoms with Crippen LogP contribution < -0.4 is 0 Å². The lowest BCUT2D eigenvalue weighted by Gasteiger charge is -2.13. The highest BCUT2D eigenvalue weighted by molar-refractivity contribution is 14.1. The van der Waals surface area contributed by atoms with Gasteiger partial charge in [0.15, 0.2) is 0 Å². The molecular formula is C16H15IO. The maximum atomic E-state index is 10.4. The molecule has 2 aromatic carbocycles. The molecule has 3 rings (SSSR count). The van der Waals surface area contributed by atoms with Crippen LogP contribution in [0.4, 0.5) is 0 Å². The third-order valence-electron chi connectivity index (χ3n) is 3.60. The van der Waals surface area contributed by atoms with Crippen LogP contribution in [0.1, 0.15) is 34.8 Å². The summed E-state index contributed by atoms with van der Waals surface area (Å²) in [7, 11) is 0. The van der Waals surface area contributed by atoms with Gasteiger partial charge in [0.05, 0.1) is 0 Å². The van der Waals surface area contributed by atoms with Crippen LogP contribution in [0.3, 0.4) is 0 Å². The van der Waals surface area contributed by atoms with Crippen molar-refractivity contribution < 1.29 is 5.11 Å². The van der Waals surface area contributed by atoms with E-state index in [0.29, 0.717) is 0 Å². The van der Waals surface area contributed by atoms with E-state index in [1.807, 2.05) is 24.3 Å². The highest BCUT2D eigenvalue weighted by Crippen LogP contribution is 2.28. The molecule has 1 unspecified atom stereocenters. The van der Waals surface area contributed by atoms with Crippen molar-refractivity contribution in [3.8, 4) is 0 Å². The van der Waals surface area contributed by atoms with E-state index >= 15 is 0 Å². The molecule has 1 nitrogen and oxygen atoms in total. The smallest absolute Gasteiger partial charge is 0.104 e. The maximum Gasteiger partial charge on any atom is 0.104 e. The number of aryl methyl sites for hydroxylation is 2. The Morgan fingerprint density at radius 1 is 0.944 bits per heavy atom. The summed E-state index contributed by atoms with van der Waals surface area (Å²) < 4.78 is 1.16. The number of hydrogen-bond acceptors (Lipinski definition) is 1. The van der Waals surface area contributed by atoms with Crippen LogP contribution in [0.5, 0.6) is 0 Å². The van der Waals surface area contributed by atoms with Crippen molar-refractivity contribution >= 4 is 22.6 Å². The molecule has 2 aromatic rings. The molecule has 0 saturated heterocycles. The molecule has 1 atom stereocenters. The number of aliphatic hydroxyl groups is 1. The first-order chi connectivity index (χ1) is 8.74. The molecule has 0 aromatic heterocycles. The normalized spacial score (nSPS) is 15.4. The molecule has 0 aliphatic heterocycles. The predicted octanol–water partition coefficient (Wildman–Crippen LogP) is 3.86. The number of fused-ring (bicyclic) bond motifs is 1. The predicted molar refractivity (Wildman–Crippen MR) is 81.7 cm³/mol. The summed E-state index contributed by atoms with van der Waals surface area (Å²) in [6, 6.07) is 14.5. The van der Waals surface area contributed by atoms with Crippen LogP contribution in [0, 0.1) is 3.57 Å². The summed E-state index contributed by atoms with van der Waals surface area (Å²) >= 11 is 2.28. The number of hydrogen-bond donors (Lipinski definition) is 1. The van der Waals surface area contributed by atoms with Crippen LogP contribution in [0.2, 0.25) is 0 Å². The number of rotatable bonds is 2. The quantitative estimate of drug-likeness (QED) is 0.816. The Morgan fingerprint density at radius 2 is 1.72 bits per heavy atom. The Labute approximate surface area is 121 Å². The topological polar surface area (TPSA) is 20.2 Å². The second-order valence-electron chi connectivity index (χ2n) is 4.84. The summed E-state index contributed by atoms with van der Waals surface area (Å²) in [5, 5.41) is 10.4. The fourth-order valence-electron chi connectivity index (χ4n) is 2.63. The molecule has 0 radical (unpaired) electrons. The highest BCUT2D eigenvalue weighted by Gasteiger charge is 2.15. The lowest BCUT2D eigenvalue weighted by molar-refractivity contribution is 0.220. The van der Waals surface area contributed by atoms with Gasteiger partial charge in [-0.1, -0.05) is 30.3 Å². The molecule has 0 fully saturated rings. The van der Waals surface area contributed by atoms with Crippen molar-refractivity contribution in [2.45, 2.75) is 25.4 Å². The van der Waals surface area contributed by atoms with Crippen LogP contribution >= 0.6 is 22.6 Å². The van der Waals surface area contributed by atoms with Crippen molar-refractivity contribution in [1.82, 2.24) is 0 Å². The van der Waals surface area contributed by atoms with Gasteiger partial charge in [-0.2, -0.15) is 0 Å². The standard InChI is InChI=1S/C16H15IO/c17-15-6-2-5-13(10-15)16(18)14-8-7-11-3-1-4-12(11)9-14/h2,5-10,16,18H,1,3-4H2. The Morgan fingerprint density at radius 3 is 2.56 bits per heavy atom. The average Bonchev–Trinajstić information content (AvgIpc) is 2.85. The van der Waals surface area contributed by atoms with Crippen molar-refractivity contribution in [2.75, 3.05) is 0 Å². The summed E-state index contributed by atoms with van der Waals surface area (Å²) in [6.07, 6.45) is 3.08. The van der Waals surface area contributed by atoms with Gasteiger partial charge in [-0.15, -0.1) is 0 Å². The lowest BCUT2D eigenvalue weighted by atomic mass is 9.98. The van der Waals surface area contributed by atoms with E-state index in [2.05, 4.69) is 40.8 Å². The summed E-state index contributed by atoms with van der Waals surface area (Å²) in [6.45, 7) is 0. The molecule has 0 spiro atoms. The van der Waals surface area contributed by atoms with Crippen molar-refractivity contribution in [3.05, 3.63) is 68.3 Å². The number of halogens is 1. The van der Waals surface area contributed by atoms with Gasteiger partial charge >= 0.3 is 0 Å². The molecule has 0 amide bonds. The first kappa shape index (κ1) is 12.2. The minimum atomic E-state index is -0.509. The minimum Gasteiger partial charge on any atom is -0.384 e. The van der Waals surface area contributed by atoms with E-state index in [0.717, 1.165) is 21.1 Å². The third kappa shape index (κ3) is 2.31. The molecule has 2 heteroatoms. The van der Waals surface area contributed by atoms with E-state index < -0.39 is 6.10 Å². The van der Waals surface area contributed by atoms with Gasteiger partial charge in [0.1, 0.15) is 6.10 Å². The van der Waals surface area contributed by atoms with Crippen LogP contribution in [-0.2, 0) is 12.8 Å². The van der Waals surface area contributed by atoms with Gasteiger partial charge < -0.3 is 5.11 Å². The van der Waals surface area contributed by atoms with Gasteiger partial charge in [-0.25, -0.2) is 0 Å². The zero-order valence-electron chi connectivity index (χ0n) is 10.1. The van der Waals surface area contributed by atoms with Crippen molar-refractivity contribution in [2.24, 2.45) is 0 Å². The minimum absolute atomic E-state index is 0.509. The van der Waals surface area contributed by atoms with Crippen LogP contribution in [-0.4, -0.2) is 5.11 Å². The average molecular weight is 350 g/mol. The molecule has 0 bridgehead atoms. The molecule has 0 heterocycles. The zero-order valence-corrected chi connectivity index (χ0v) is 12.2. The van der Waals surface area contributed by atoms with Gasteiger partial charge in [-0.3, -0.25) is 0 Å². The van der Waals surface area contributed by atoms with E-state index in [-0.39, 0.29) is 0 Å².